The monoisotopic (exact) mass is 1250 g/mol. The highest BCUT2D eigenvalue weighted by Crippen LogP contribution is 2.76. The number of hydrogen-bond donors (Lipinski definition) is 15. The molecule has 4 saturated carbocycles. The highest BCUT2D eigenvalue weighted by molar-refractivity contribution is 5.80. The smallest absolute Gasteiger partial charge is 0.317 e. The van der Waals surface area contributed by atoms with Crippen molar-refractivity contribution in [1.29, 1.82) is 0 Å². The van der Waals surface area contributed by atoms with Gasteiger partial charge in [0.2, 0.25) is 6.29 Å². The van der Waals surface area contributed by atoms with Crippen molar-refractivity contribution >= 4 is 11.9 Å². The second-order valence-electron chi connectivity index (χ2n) is 28.6. The molecule has 0 amide bonds. The van der Waals surface area contributed by atoms with E-state index >= 15 is 4.79 Å². The number of fused-ring (bicyclic) bond motifs is 7. The maximum Gasteiger partial charge on any atom is 0.317 e. The number of rotatable bonds is 14. The van der Waals surface area contributed by atoms with Gasteiger partial charge in [0, 0.05) is 12.3 Å². The van der Waals surface area contributed by atoms with E-state index < -0.39 is 231 Å². The third kappa shape index (κ3) is 11.2. The molecule has 0 aromatic rings. The Morgan fingerprint density at radius 2 is 1.28 bits per heavy atom. The zero-order chi connectivity index (χ0) is 63.6. The molecule has 15 N–H and O–H groups in total. The molecule has 28 nitrogen and oxygen atoms in total. The number of aliphatic hydroxyl groups excluding tert-OH is 14. The topological polar surface area (TPSA) is 439 Å². The maximum absolute atomic E-state index is 15.6. The van der Waals surface area contributed by atoms with E-state index in [1.807, 2.05) is 6.92 Å². The van der Waals surface area contributed by atoms with Crippen LogP contribution in [0, 0.1) is 50.2 Å². The predicted octanol–water partition coefficient (Wildman–Crippen LogP) is -3.78. The normalized spacial score (nSPS) is 54.0. The lowest BCUT2D eigenvalue weighted by molar-refractivity contribution is -0.372. The van der Waals surface area contributed by atoms with Crippen LogP contribution in [0.1, 0.15) is 107 Å². The number of allylic oxidation sites excluding steroid dienone is 2. The summed E-state index contributed by atoms with van der Waals surface area (Å²) in [5.41, 5.74) is -6.18. The molecule has 5 aliphatic carbocycles. The van der Waals surface area contributed by atoms with Crippen LogP contribution in [0.15, 0.2) is 11.6 Å². The summed E-state index contributed by atoms with van der Waals surface area (Å²) in [6.07, 6.45) is -31.6. The van der Waals surface area contributed by atoms with E-state index in [-0.39, 0.29) is 36.5 Å². The van der Waals surface area contributed by atoms with Gasteiger partial charge >= 0.3 is 11.9 Å². The Morgan fingerprint density at radius 3 is 1.93 bits per heavy atom. The van der Waals surface area contributed by atoms with Crippen LogP contribution in [0.5, 0.6) is 0 Å². The van der Waals surface area contributed by atoms with Gasteiger partial charge in [-0.15, -0.1) is 0 Å². The van der Waals surface area contributed by atoms with Crippen LogP contribution in [-0.4, -0.2) is 275 Å². The highest BCUT2D eigenvalue weighted by Gasteiger charge is 2.73. The number of carbonyl (C=O) groups is 2. The minimum absolute atomic E-state index is 0.108. The molecule has 0 aromatic heterocycles. The Labute approximate surface area is 504 Å². The molecular weight excluding hydrogens is 1160 g/mol. The van der Waals surface area contributed by atoms with E-state index in [1.165, 1.54) is 6.92 Å². The molecule has 5 aliphatic heterocycles. The van der Waals surface area contributed by atoms with Gasteiger partial charge in [-0.05, 0) is 97.7 Å². The van der Waals surface area contributed by atoms with Gasteiger partial charge in [0.05, 0.1) is 64.1 Å². The van der Waals surface area contributed by atoms with Crippen molar-refractivity contribution in [2.24, 2.45) is 50.2 Å². The average molecular weight is 1250 g/mol. The van der Waals surface area contributed by atoms with Crippen molar-refractivity contribution in [3.8, 4) is 0 Å². The quantitative estimate of drug-likeness (QED) is 0.0451. The van der Waals surface area contributed by atoms with Gasteiger partial charge in [-0.3, -0.25) is 9.59 Å². The summed E-state index contributed by atoms with van der Waals surface area (Å²) >= 11 is 0. The van der Waals surface area contributed by atoms with Crippen LogP contribution in [0.25, 0.3) is 0 Å². The Balaban J connectivity index is 0.880. The number of hydrogen-bond acceptors (Lipinski definition) is 28. The summed E-state index contributed by atoms with van der Waals surface area (Å²) in [7, 11) is 0. The third-order valence-corrected chi connectivity index (χ3v) is 22.8. The summed E-state index contributed by atoms with van der Waals surface area (Å²) in [5.74, 6) is -2.84. The minimum atomic E-state index is -2.09. The lowest BCUT2D eigenvalue weighted by atomic mass is 9.33. The van der Waals surface area contributed by atoms with Gasteiger partial charge in [-0.1, -0.05) is 53.2 Å². The molecule has 28 heteroatoms. The second kappa shape index (κ2) is 24.6. The fraction of sp³-hybridized carbons (Fsp3) is 0.932. The van der Waals surface area contributed by atoms with Crippen LogP contribution < -0.4 is 0 Å². The first-order chi connectivity index (χ1) is 40.7. The van der Waals surface area contributed by atoms with E-state index in [0.29, 0.717) is 32.1 Å². The van der Waals surface area contributed by atoms with E-state index in [9.17, 15) is 81.4 Å². The molecule has 5 saturated heterocycles. The van der Waals surface area contributed by atoms with Crippen LogP contribution in [0.3, 0.4) is 0 Å². The fourth-order valence-electron chi connectivity index (χ4n) is 17.7. The summed E-state index contributed by atoms with van der Waals surface area (Å²) in [4.78, 5) is 28.3. The van der Waals surface area contributed by atoms with Gasteiger partial charge in [0.25, 0.3) is 0 Å². The van der Waals surface area contributed by atoms with Crippen molar-refractivity contribution in [3.05, 3.63) is 11.6 Å². The van der Waals surface area contributed by atoms with E-state index in [1.54, 1.807) is 0 Å². The first-order valence-electron chi connectivity index (χ1n) is 30.6. The van der Waals surface area contributed by atoms with Crippen molar-refractivity contribution < 1.29 is 138 Å². The second-order valence-corrected chi connectivity index (χ2v) is 28.6. The molecule has 0 bridgehead atoms. The molecule has 10 aliphatic rings. The largest absolute Gasteiger partial charge is 0.454 e. The average Bonchev–Trinajstić information content (AvgIpc) is 0.950. The molecule has 5 heterocycles. The molecule has 0 aromatic carbocycles. The zero-order valence-electron chi connectivity index (χ0n) is 50.5. The molecule has 0 radical (unpaired) electrons. The number of aliphatic hydroxyl groups is 15. The first kappa shape index (κ1) is 67.6. The van der Waals surface area contributed by atoms with Gasteiger partial charge in [0.1, 0.15) is 84.3 Å². The molecule has 87 heavy (non-hydrogen) atoms. The predicted molar refractivity (Wildman–Crippen MR) is 290 cm³/mol. The fourth-order valence-corrected chi connectivity index (χ4v) is 17.7. The molecule has 498 valence electrons. The van der Waals surface area contributed by atoms with E-state index in [4.69, 9.17) is 52.1 Å². The number of ether oxygens (including phenoxy) is 11. The van der Waals surface area contributed by atoms with Gasteiger partial charge in [-0.2, -0.15) is 0 Å². The molecule has 3 unspecified atom stereocenters. The maximum atomic E-state index is 15.6. The Morgan fingerprint density at radius 1 is 0.609 bits per heavy atom. The molecule has 10 rings (SSSR count). The Kier molecular flexibility index (Phi) is 19.1. The van der Waals surface area contributed by atoms with E-state index in [2.05, 4.69) is 40.7 Å². The van der Waals surface area contributed by atoms with Crippen LogP contribution in [0.4, 0.5) is 0 Å². The summed E-state index contributed by atoms with van der Waals surface area (Å²) in [5, 5.41) is 166. The van der Waals surface area contributed by atoms with Crippen molar-refractivity contribution in [2.75, 3.05) is 39.6 Å². The van der Waals surface area contributed by atoms with Crippen LogP contribution in [0.2, 0.25) is 0 Å². The van der Waals surface area contributed by atoms with Crippen LogP contribution in [-0.2, 0) is 61.7 Å². The minimum Gasteiger partial charge on any atom is -0.454 e. The van der Waals surface area contributed by atoms with Gasteiger partial charge in [-0.25, -0.2) is 0 Å². The van der Waals surface area contributed by atoms with Crippen molar-refractivity contribution in [3.63, 3.8) is 0 Å². The number of esters is 2. The van der Waals surface area contributed by atoms with Crippen LogP contribution >= 0.6 is 0 Å². The molecule has 9 fully saturated rings. The lowest BCUT2D eigenvalue weighted by Crippen LogP contribution is -2.70. The first-order valence-corrected chi connectivity index (χ1v) is 30.6. The SMILES string of the molecule is CC(=O)O[C@H]1[C@H](O[C@H]2[C@H](OC(=O)[C@]34CCC(C)(C)CC3C3=CCC5[C@@]6(C)C[C@H](O)[C@H](O[C@@H]7O[C@H](CO)[C@@H](O)[C@H](O)[C@H]7O)[C@@](C)(CO)C6CC[C@@]5(C)[C@]3(C)C[C@H]4O)OC[C@H](O)[C@@H]2O)O[C@@H](C)[C@H](O[C@@H]2OC[C@@H](O)[C@H](O[C@@H]3OC[C@](O)(CO)[C@H]3O)[C@H]2O)[C@H]1O. The zero-order valence-corrected chi connectivity index (χ0v) is 50.5. The third-order valence-electron chi connectivity index (χ3n) is 22.8. The van der Waals surface area contributed by atoms with Gasteiger partial charge < -0.3 is 129 Å². The van der Waals surface area contributed by atoms with Crippen molar-refractivity contribution in [1.82, 2.24) is 0 Å². The Hall–Kier alpha value is -2.28. The lowest BCUT2D eigenvalue weighted by Gasteiger charge is -2.72. The molecule has 32 atom stereocenters. The molecule has 0 spiro atoms. The number of carbonyl (C=O) groups excluding carboxylic acids is 2. The summed E-state index contributed by atoms with van der Waals surface area (Å²) in [6, 6.07) is 0. The Bertz CT molecular complexity index is 2490. The van der Waals surface area contributed by atoms with Gasteiger partial charge in [0.15, 0.2) is 37.4 Å². The van der Waals surface area contributed by atoms with Crippen molar-refractivity contribution in [2.45, 2.75) is 254 Å². The van der Waals surface area contributed by atoms with E-state index in [0.717, 1.165) is 12.5 Å². The standard InChI is InChI=1S/C59H94O28/c1-24-41(83-47-40(73)42(30(66)20-77-47)84-51-45(74)58(76,22-62)23-79-51)39(72)44(81-25(2)63)50(80-24)85-43-35(68)29(65)19-78-49(43)87-52(75)59-14-13-53(3,4)15-27(59)26-9-10-33-54(5)16-28(64)46(86-48-38(71)37(70)36(69)31(18-60)82-48)55(6,21-61)32(54)11-12-56(33,7)57(26,8)17-34(59)67/h9,24,27-51,60-62,64-74,76H,10-23H2,1-8H3/t24-,27?,28-,29-,30+,31+,32?,33?,34+,35-,36+,37-,38+,39+,40+,41-,42-,43+,44+,45-,46-,47-,48-,49-,50-,51-,54-,55-,56+,57+,58+,59+/m0/s1. The summed E-state index contributed by atoms with van der Waals surface area (Å²) in [6.45, 7) is 11.3. The summed E-state index contributed by atoms with van der Waals surface area (Å²) < 4.78 is 64.9. The molecular formula is C59H94O28. The highest BCUT2D eigenvalue weighted by atomic mass is 16.8.